The van der Waals surface area contributed by atoms with Crippen LogP contribution in [-0.4, -0.2) is 0 Å². The summed E-state index contributed by atoms with van der Waals surface area (Å²) in [6.45, 7) is 0. The van der Waals surface area contributed by atoms with Crippen LogP contribution in [0.15, 0.2) is 115 Å². The van der Waals surface area contributed by atoms with Gasteiger partial charge in [-0.2, -0.15) is 0 Å². The lowest BCUT2D eigenvalue weighted by Gasteiger charge is -2.19. The van der Waals surface area contributed by atoms with E-state index in [4.69, 9.17) is 0 Å². The van der Waals surface area contributed by atoms with Gasteiger partial charge in [0.05, 0.1) is 0 Å². The minimum Gasteiger partial charge on any atom is -0.207 e. The first-order chi connectivity index (χ1) is 17.3. The number of benzene rings is 8. The van der Waals surface area contributed by atoms with Gasteiger partial charge in [0.2, 0.25) is 0 Å². The van der Waals surface area contributed by atoms with Gasteiger partial charge in [-0.1, -0.05) is 84.9 Å². The molecule has 0 aromatic heterocycles. The largest absolute Gasteiger partial charge is 0.207 e. The van der Waals surface area contributed by atoms with Crippen molar-refractivity contribution in [3.8, 4) is 11.1 Å². The Balaban J connectivity index is 1.73. The van der Waals surface area contributed by atoms with Crippen LogP contribution in [0.1, 0.15) is 0 Å². The van der Waals surface area contributed by atoms with E-state index in [9.17, 15) is 4.39 Å². The van der Waals surface area contributed by atoms with Gasteiger partial charge >= 0.3 is 0 Å². The highest BCUT2D eigenvalue weighted by atomic mass is 19.1. The molecule has 0 radical (unpaired) electrons. The predicted molar refractivity (Wildman–Crippen MR) is 148 cm³/mol. The maximum atomic E-state index is 14.2. The van der Waals surface area contributed by atoms with Crippen molar-refractivity contribution < 1.29 is 4.39 Å². The first-order valence-electron chi connectivity index (χ1n) is 12.0. The van der Waals surface area contributed by atoms with E-state index in [1.54, 1.807) is 12.1 Å². The number of halogens is 1. The van der Waals surface area contributed by atoms with Gasteiger partial charge in [-0.15, -0.1) is 0 Å². The zero-order valence-corrected chi connectivity index (χ0v) is 18.8. The molecule has 0 heterocycles. The molecule has 8 rings (SSSR count). The molecule has 0 saturated heterocycles. The van der Waals surface area contributed by atoms with E-state index < -0.39 is 0 Å². The van der Waals surface area contributed by atoms with E-state index in [1.165, 1.54) is 59.6 Å². The maximum Gasteiger partial charge on any atom is 0.123 e. The molecule has 8 aromatic rings. The number of hydrogen-bond acceptors (Lipinski definition) is 0. The van der Waals surface area contributed by atoms with Gasteiger partial charge in [-0.3, -0.25) is 0 Å². The smallest absolute Gasteiger partial charge is 0.123 e. The Morgan fingerprint density at radius 1 is 0.371 bits per heavy atom. The SMILES string of the molecule is Fc1ccc2cc3cc4c5cccc6ccc7cccc(c4c(-c4ccccc4)c3cc2c1)c7c65. The van der Waals surface area contributed by atoms with Crippen LogP contribution in [0.2, 0.25) is 0 Å². The molecule has 0 spiro atoms. The fourth-order valence-corrected chi connectivity index (χ4v) is 6.10. The first kappa shape index (κ1) is 18.9. The summed E-state index contributed by atoms with van der Waals surface area (Å²) < 4.78 is 14.2. The molecular weight excluding hydrogens is 427 g/mol. The lowest BCUT2D eigenvalue weighted by atomic mass is 9.83. The summed E-state index contributed by atoms with van der Waals surface area (Å²) in [6, 6.07) is 40.1. The standard InChI is InChI=1S/C34H19F/c35-26-15-14-23-16-25-19-30-27-10-4-8-21-12-13-22-9-5-11-28(32(22)31(21)27)34(30)33(20-6-2-1-3-7-20)29(25)18-24(23)17-26/h1-19H. The van der Waals surface area contributed by atoms with Gasteiger partial charge in [0.15, 0.2) is 0 Å². The summed E-state index contributed by atoms with van der Waals surface area (Å²) >= 11 is 0. The third-order valence-corrected chi connectivity index (χ3v) is 7.57. The van der Waals surface area contributed by atoms with E-state index >= 15 is 0 Å². The van der Waals surface area contributed by atoms with Crippen molar-refractivity contribution in [3.05, 3.63) is 121 Å². The molecule has 1 heteroatoms. The average molecular weight is 447 g/mol. The van der Waals surface area contributed by atoms with Crippen LogP contribution in [0.5, 0.6) is 0 Å². The van der Waals surface area contributed by atoms with Crippen LogP contribution in [0, 0.1) is 5.82 Å². The molecule has 0 aliphatic rings. The maximum absolute atomic E-state index is 14.2. The van der Waals surface area contributed by atoms with Crippen LogP contribution in [0.3, 0.4) is 0 Å². The third kappa shape index (κ3) is 2.55. The Bertz CT molecular complexity index is 2100. The Hall–Kier alpha value is -4.49. The monoisotopic (exact) mass is 446 g/mol. The molecule has 0 nitrogen and oxygen atoms in total. The topological polar surface area (TPSA) is 0 Å². The molecule has 0 unspecified atom stereocenters. The van der Waals surface area contributed by atoms with Crippen LogP contribution >= 0.6 is 0 Å². The minimum absolute atomic E-state index is 0.207. The second-order valence-corrected chi connectivity index (χ2v) is 9.48. The first-order valence-corrected chi connectivity index (χ1v) is 12.0. The van der Waals surface area contributed by atoms with E-state index in [-0.39, 0.29) is 5.82 Å². The molecule has 8 aromatic carbocycles. The minimum atomic E-state index is -0.207. The van der Waals surface area contributed by atoms with Gasteiger partial charge in [0, 0.05) is 0 Å². The van der Waals surface area contributed by atoms with E-state index in [1.807, 2.05) is 6.07 Å². The summed E-state index contributed by atoms with van der Waals surface area (Å²) in [5.41, 5.74) is 2.39. The van der Waals surface area contributed by atoms with E-state index in [2.05, 4.69) is 97.1 Å². The number of rotatable bonds is 1. The van der Waals surface area contributed by atoms with Crippen LogP contribution in [-0.2, 0) is 0 Å². The molecule has 0 aliphatic carbocycles. The zero-order valence-electron chi connectivity index (χ0n) is 18.8. The van der Waals surface area contributed by atoms with Crippen molar-refractivity contribution in [1.82, 2.24) is 0 Å². The van der Waals surface area contributed by atoms with Crippen molar-refractivity contribution in [2.24, 2.45) is 0 Å². The molecule has 0 amide bonds. The Morgan fingerprint density at radius 2 is 1.06 bits per heavy atom. The van der Waals surface area contributed by atoms with Crippen molar-refractivity contribution >= 4 is 64.6 Å². The summed E-state index contributed by atoms with van der Waals surface area (Å²) in [5.74, 6) is -0.207. The molecule has 35 heavy (non-hydrogen) atoms. The van der Waals surface area contributed by atoms with Crippen molar-refractivity contribution in [2.45, 2.75) is 0 Å². The Labute approximate surface area is 201 Å². The number of hydrogen-bond donors (Lipinski definition) is 0. The van der Waals surface area contributed by atoms with Gasteiger partial charge in [0.25, 0.3) is 0 Å². The Kier molecular flexibility index (Phi) is 3.65. The highest BCUT2D eigenvalue weighted by molar-refractivity contribution is 6.37. The van der Waals surface area contributed by atoms with Gasteiger partial charge in [-0.05, 0) is 106 Å². The fraction of sp³-hybridized carbons (Fsp3) is 0. The van der Waals surface area contributed by atoms with Gasteiger partial charge in [0.1, 0.15) is 5.82 Å². The molecular formula is C34H19F. The van der Waals surface area contributed by atoms with Crippen molar-refractivity contribution in [2.75, 3.05) is 0 Å². The predicted octanol–water partition coefficient (Wildman–Crippen LogP) is 9.85. The quantitative estimate of drug-likeness (QED) is 0.174. The fourth-order valence-electron chi connectivity index (χ4n) is 6.10. The van der Waals surface area contributed by atoms with Crippen molar-refractivity contribution in [3.63, 3.8) is 0 Å². The summed E-state index contributed by atoms with van der Waals surface area (Å²) in [6.07, 6.45) is 0. The second kappa shape index (κ2) is 6.77. The molecule has 0 saturated carbocycles. The lowest BCUT2D eigenvalue weighted by molar-refractivity contribution is 0.630. The normalized spacial score (nSPS) is 12.1. The van der Waals surface area contributed by atoms with Crippen LogP contribution in [0.25, 0.3) is 75.8 Å². The molecule has 0 N–H and O–H groups in total. The van der Waals surface area contributed by atoms with E-state index in [0.717, 1.165) is 16.2 Å². The van der Waals surface area contributed by atoms with Gasteiger partial charge in [-0.25, -0.2) is 4.39 Å². The highest BCUT2D eigenvalue weighted by Gasteiger charge is 2.19. The van der Waals surface area contributed by atoms with Crippen LogP contribution < -0.4 is 0 Å². The summed E-state index contributed by atoms with van der Waals surface area (Å²) in [4.78, 5) is 0. The average Bonchev–Trinajstić information content (AvgIpc) is 2.90. The van der Waals surface area contributed by atoms with Crippen LogP contribution in [0.4, 0.5) is 4.39 Å². The zero-order chi connectivity index (χ0) is 23.1. The Morgan fingerprint density at radius 3 is 1.86 bits per heavy atom. The third-order valence-electron chi connectivity index (χ3n) is 7.57. The summed E-state index contributed by atoms with van der Waals surface area (Å²) in [5, 5.41) is 14.5. The van der Waals surface area contributed by atoms with Gasteiger partial charge < -0.3 is 0 Å². The molecule has 0 aliphatic heterocycles. The van der Waals surface area contributed by atoms with Crippen molar-refractivity contribution in [1.29, 1.82) is 0 Å². The molecule has 0 atom stereocenters. The lowest BCUT2D eigenvalue weighted by Crippen LogP contribution is -1.91. The molecule has 0 bridgehead atoms. The molecule has 162 valence electrons. The van der Waals surface area contributed by atoms with E-state index in [0.29, 0.717) is 0 Å². The molecule has 0 fully saturated rings. The second-order valence-electron chi connectivity index (χ2n) is 9.48. The number of fused-ring (bicyclic) bond motifs is 5. The summed E-state index contributed by atoms with van der Waals surface area (Å²) in [7, 11) is 0. The highest BCUT2D eigenvalue weighted by Crippen LogP contribution is 2.47.